The molecule has 1 saturated heterocycles. The summed E-state index contributed by atoms with van der Waals surface area (Å²) in [7, 11) is -3.69. The third kappa shape index (κ3) is 6.46. The van der Waals surface area contributed by atoms with Crippen molar-refractivity contribution in [2.45, 2.75) is 42.4 Å². The van der Waals surface area contributed by atoms with Crippen LogP contribution in [0.1, 0.15) is 41.6 Å². The molecule has 4 N–H and O–H groups in total. The van der Waals surface area contributed by atoms with Crippen LogP contribution in [0, 0.1) is 5.82 Å². The number of sulfonamides is 1. The van der Waals surface area contributed by atoms with Gasteiger partial charge >= 0.3 is 0 Å². The van der Waals surface area contributed by atoms with Crippen molar-refractivity contribution in [1.82, 2.24) is 9.62 Å². The molecule has 2 aromatic carbocycles. The number of nitrogens with zero attached hydrogens (tertiary/aromatic N) is 1. The first-order valence-corrected chi connectivity index (χ1v) is 14.8. The van der Waals surface area contributed by atoms with Crippen molar-refractivity contribution in [1.29, 1.82) is 0 Å². The summed E-state index contributed by atoms with van der Waals surface area (Å²) in [5, 5.41) is 2.99. The van der Waals surface area contributed by atoms with Crippen LogP contribution in [0.3, 0.4) is 0 Å². The van der Waals surface area contributed by atoms with E-state index in [0.29, 0.717) is 54.1 Å². The normalized spacial score (nSPS) is 17.8. The summed E-state index contributed by atoms with van der Waals surface area (Å²) in [6.45, 7) is 5.18. The highest BCUT2D eigenvalue weighted by Gasteiger charge is 2.31. The van der Waals surface area contributed by atoms with Gasteiger partial charge in [-0.2, -0.15) is 0 Å². The number of anilines is 1. The molecular formula is C27H31FN4O4S2. The molecule has 4 rings (SSSR count). The van der Waals surface area contributed by atoms with Gasteiger partial charge in [0, 0.05) is 43.9 Å². The van der Waals surface area contributed by atoms with E-state index < -0.39 is 21.6 Å². The zero-order chi connectivity index (χ0) is 27.3. The number of rotatable bonds is 12. The zero-order valence-corrected chi connectivity index (χ0v) is 22.5. The van der Waals surface area contributed by atoms with Crippen molar-refractivity contribution in [3.63, 3.8) is 0 Å². The van der Waals surface area contributed by atoms with Gasteiger partial charge < -0.3 is 16.0 Å². The molecule has 38 heavy (non-hydrogen) atoms. The fourth-order valence-corrected chi connectivity index (χ4v) is 6.77. The highest BCUT2D eigenvalue weighted by Crippen LogP contribution is 2.39. The monoisotopic (exact) mass is 558 g/mol. The van der Waals surface area contributed by atoms with Gasteiger partial charge in [0.25, 0.3) is 0 Å². The molecule has 0 spiro atoms. The molecule has 0 radical (unpaired) electrons. The Hall–Kier alpha value is -3.15. The number of halogens is 1. The van der Waals surface area contributed by atoms with E-state index in [-0.39, 0.29) is 28.3 Å². The maximum absolute atomic E-state index is 14.6. The second-order valence-corrected chi connectivity index (χ2v) is 12.1. The minimum atomic E-state index is -3.69. The van der Waals surface area contributed by atoms with Gasteiger partial charge in [-0.15, -0.1) is 6.58 Å². The van der Waals surface area contributed by atoms with Gasteiger partial charge in [-0.05, 0) is 55.2 Å². The van der Waals surface area contributed by atoms with E-state index in [1.807, 2.05) is 0 Å². The topological polar surface area (TPSA) is 122 Å². The van der Waals surface area contributed by atoms with Gasteiger partial charge in [-0.3, -0.25) is 9.59 Å². The van der Waals surface area contributed by atoms with Gasteiger partial charge in [0.2, 0.25) is 21.7 Å². The predicted molar refractivity (Wildman–Crippen MR) is 148 cm³/mol. The molecule has 1 fully saturated rings. The second kappa shape index (κ2) is 12.1. The first-order chi connectivity index (χ1) is 18.2. The highest BCUT2D eigenvalue weighted by atomic mass is 32.2. The number of hydrogen-bond acceptors (Lipinski definition) is 7. The molecule has 2 aliphatic rings. The van der Waals surface area contributed by atoms with E-state index in [1.165, 1.54) is 30.0 Å². The third-order valence-electron chi connectivity index (χ3n) is 6.42. The van der Waals surface area contributed by atoms with Crippen LogP contribution in [-0.4, -0.2) is 50.0 Å². The number of likely N-dealkylation sites (tertiary alicyclic amines) is 1. The molecular weight excluding hydrogens is 527 g/mol. The maximum Gasteiger partial charge on any atom is 0.240 e. The van der Waals surface area contributed by atoms with Crippen LogP contribution in [0.25, 0.3) is 0 Å². The Morgan fingerprint density at radius 2 is 2.00 bits per heavy atom. The Bertz CT molecular complexity index is 1360. The molecule has 2 aliphatic heterocycles. The van der Waals surface area contributed by atoms with Crippen LogP contribution >= 0.6 is 11.8 Å². The van der Waals surface area contributed by atoms with Crippen molar-refractivity contribution in [3.8, 4) is 0 Å². The average molecular weight is 559 g/mol. The molecule has 11 heteroatoms. The van der Waals surface area contributed by atoms with Gasteiger partial charge in [0.15, 0.2) is 0 Å². The quantitative estimate of drug-likeness (QED) is 0.206. The third-order valence-corrected chi connectivity index (χ3v) is 9.14. The number of carbonyl (C=O) groups excluding carboxylic acids is 2. The lowest BCUT2D eigenvalue weighted by Crippen LogP contribution is -2.30. The first kappa shape index (κ1) is 27.9. The SMILES string of the molecule is C=CCc1cccc(F)c1C(=O)C1=C(N)CC(Nc2ccc(S(=O)(=O)NCCCN3CCCC3=O)cc2)S1. The minimum absolute atomic E-state index is 0.00703. The number of carbonyl (C=O) groups is 2. The molecule has 0 aliphatic carbocycles. The summed E-state index contributed by atoms with van der Waals surface area (Å²) in [5.74, 6) is -0.926. The number of hydrogen-bond donors (Lipinski definition) is 3. The van der Waals surface area contributed by atoms with Crippen molar-refractivity contribution in [2.24, 2.45) is 5.73 Å². The van der Waals surface area contributed by atoms with Crippen LogP contribution in [0.15, 0.2) is 70.6 Å². The number of allylic oxidation sites excluding steroid dienone is 2. The minimum Gasteiger partial charge on any atom is -0.401 e. The number of thioether (sulfide) groups is 1. The standard InChI is InChI=1S/C27H31FN4O4S2/c1-2-6-18-7-3-8-21(28)25(18)26(34)27-22(29)17-23(37-27)31-19-10-12-20(13-11-19)38(35,36)30-14-5-16-32-15-4-9-24(32)33/h2-3,7-8,10-13,23,30-31H,1,4-6,9,14-17,29H2. The number of Topliss-reactive ketones (excluding diaryl/α,β-unsaturated/α-hetero) is 1. The number of nitrogens with two attached hydrogens (primary N) is 1. The lowest BCUT2D eigenvalue weighted by atomic mass is 9.99. The van der Waals surface area contributed by atoms with Crippen molar-refractivity contribution in [2.75, 3.05) is 25.0 Å². The molecule has 2 aromatic rings. The van der Waals surface area contributed by atoms with E-state index >= 15 is 0 Å². The Kier molecular flexibility index (Phi) is 8.91. The van der Waals surface area contributed by atoms with Crippen molar-refractivity contribution in [3.05, 3.63) is 82.7 Å². The van der Waals surface area contributed by atoms with E-state index in [1.54, 1.807) is 35.2 Å². The molecule has 0 aromatic heterocycles. The van der Waals surface area contributed by atoms with Crippen LogP contribution in [0.4, 0.5) is 10.1 Å². The number of nitrogens with one attached hydrogen (secondary N) is 2. The Morgan fingerprint density at radius 1 is 1.24 bits per heavy atom. The summed E-state index contributed by atoms with van der Waals surface area (Å²) >= 11 is 1.23. The summed E-state index contributed by atoms with van der Waals surface area (Å²) in [4.78, 5) is 27.0. The van der Waals surface area contributed by atoms with Crippen molar-refractivity contribution >= 4 is 39.2 Å². The predicted octanol–water partition coefficient (Wildman–Crippen LogP) is 3.77. The summed E-state index contributed by atoms with van der Waals surface area (Å²) in [5.41, 5.74) is 7.77. The summed E-state index contributed by atoms with van der Waals surface area (Å²) in [6.07, 6.45) is 4.31. The molecule has 0 saturated carbocycles. The lowest BCUT2D eigenvalue weighted by molar-refractivity contribution is -0.127. The number of ketones is 1. The molecule has 2 heterocycles. The molecule has 1 atom stereocenters. The van der Waals surface area contributed by atoms with Crippen molar-refractivity contribution < 1.29 is 22.4 Å². The largest absolute Gasteiger partial charge is 0.401 e. The smallest absolute Gasteiger partial charge is 0.240 e. The number of benzene rings is 2. The average Bonchev–Trinajstić information content (AvgIpc) is 3.46. The molecule has 0 bridgehead atoms. The fourth-order valence-electron chi connectivity index (χ4n) is 4.51. The molecule has 1 amide bonds. The molecule has 1 unspecified atom stereocenters. The Morgan fingerprint density at radius 3 is 2.68 bits per heavy atom. The van der Waals surface area contributed by atoms with E-state index in [4.69, 9.17) is 5.73 Å². The number of amides is 1. The molecule has 8 nitrogen and oxygen atoms in total. The maximum atomic E-state index is 14.6. The van der Waals surface area contributed by atoms with E-state index in [2.05, 4.69) is 16.6 Å². The van der Waals surface area contributed by atoms with E-state index in [9.17, 15) is 22.4 Å². The second-order valence-electron chi connectivity index (χ2n) is 9.17. The zero-order valence-electron chi connectivity index (χ0n) is 20.9. The van der Waals surface area contributed by atoms with Gasteiger partial charge in [0.05, 0.1) is 20.7 Å². The summed E-state index contributed by atoms with van der Waals surface area (Å²) in [6, 6.07) is 10.8. The van der Waals surface area contributed by atoms with Gasteiger partial charge in [-0.25, -0.2) is 17.5 Å². The van der Waals surface area contributed by atoms with Crippen LogP contribution in [0.2, 0.25) is 0 Å². The van der Waals surface area contributed by atoms with E-state index in [0.717, 1.165) is 13.0 Å². The fraction of sp³-hybridized carbons (Fsp3) is 0.333. The van der Waals surface area contributed by atoms with Gasteiger partial charge in [-0.1, -0.05) is 30.0 Å². The van der Waals surface area contributed by atoms with Crippen LogP contribution in [0.5, 0.6) is 0 Å². The van der Waals surface area contributed by atoms with Gasteiger partial charge in [0.1, 0.15) is 5.82 Å². The highest BCUT2D eigenvalue weighted by molar-refractivity contribution is 8.05. The van der Waals surface area contributed by atoms with Crippen LogP contribution < -0.4 is 15.8 Å². The Labute approximate surface area is 226 Å². The van der Waals surface area contributed by atoms with Crippen LogP contribution in [-0.2, 0) is 21.2 Å². The molecule has 202 valence electrons. The first-order valence-electron chi connectivity index (χ1n) is 12.4. The lowest BCUT2D eigenvalue weighted by Gasteiger charge is -2.16. The Balaban J connectivity index is 1.33. The summed E-state index contributed by atoms with van der Waals surface area (Å²) < 4.78 is 42.4.